The first kappa shape index (κ1) is 11.1. The molecule has 0 bridgehead atoms. The van der Waals surface area contributed by atoms with Gasteiger partial charge in [0.1, 0.15) is 0 Å². The summed E-state index contributed by atoms with van der Waals surface area (Å²) in [7, 11) is 0. The van der Waals surface area contributed by atoms with Crippen LogP contribution in [0.3, 0.4) is 0 Å². The summed E-state index contributed by atoms with van der Waals surface area (Å²) < 4.78 is 0. The van der Waals surface area contributed by atoms with Gasteiger partial charge >= 0.3 is 0 Å². The van der Waals surface area contributed by atoms with Gasteiger partial charge in [0.2, 0.25) is 5.91 Å². The van der Waals surface area contributed by atoms with Crippen LogP contribution in [-0.2, 0) is 11.2 Å². The second-order valence-electron chi connectivity index (χ2n) is 4.14. The number of aromatic nitrogens is 1. The predicted octanol–water partition coefficient (Wildman–Crippen LogP) is 0.444. The van der Waals surface area contributed by atoms with Gasteiger partial charge in [-0.15, -0.1) is 0 Å². The number of hydrogen-bond donors (Lipinski definition) is 1. The maximum Gasteiger partial charge on any atom is 0.228 e. The SMILES string of the molecule is CC1CNCCN1C(=O)Cc1ccccn1. The van der Waals surface area contributed by atoms with Crippen molar-refractivity contribution in [3.05, 3.63) is 30.1 Å². The first-order valence-corrected chi connectivity index (χ1v) is 5.67. The highest BCUT2D eigenvalue weighted by molar-refractivity contribution is 5.78. The van der Waals surface area contributed by atoms with Crippen LogP contribution in [0.1, 0.15) is 12.6 Å². The van der Waals surface area contributed by atoms with Gasteiger partial charge in [0.25, 0.3) is 0 Å². The first-order chi connectivity index (χ1) is 7.77. The number of nitrogens with one attached hydrogen (secondary N) is 1. The van der Waals surface area contributed by atoms with E-state index in [1.165, 1.54) is 0 Å². The van der Waals surface area contributed by atoms with Gasteiger partial charge in [0, 0.05) is 37.6 Å². The molecule has 0 aromatic carbocycles. The van der Waals surface area contributed by atoms with E-state index in [1.54, 1.807) is 6.20 Å². The number of pyridine rings is 1. The average molecular weight is 219 g/mol. The third-order valence-corrected chi connectivity index (χ3v) is 2.88. The Morgan fingerprint density at radius 3 is 3.19 bits per heavy atom. The van der Waals surface area contributed by atoms with Gasteiger partial charge in [-0.05, 0) is 19.1 Å². The number of carbonyl (C=O) groups is 1. The van der Waals surface area contributed by atoms with Crippen LogP contribution in [0.15, 0.2) is 24.4 Å². The van der Waals surface area contributed by atoms with Gasteiger partial charge < -0.3 is 10.2 Å². The monoisotopic (exact) mass is 219 g/mol. The molecule has 1 aliphatic rings. The van der Waals surface area contributed by atoms with Crippen LogP contribution in [0.25, 0.3) is 0 Å². The molecule has 1 aromatic rings. The summed E-state index contributed by atoms with van der Waals surface area (Å²) in [4.78, 5) is 18.1. The van der Waals surface area contributed by atoms with E-state index in [2.05, 4.69) is 17.2 Å². The Labute approximate surface area is 95.7 Å². The highest BCUT2D eigenvalue weighted by Crippen LogP contribution is 2.06. The number of nitrogens with zero attached hydrogens (tertiary/aromatic N) is 2. The van der Waals surface area contributed by atoms with E-state index >= 15 is 0 Å². The smallest absolute Gasteiger partial charge is 0.228 e. The second-order valence-corrected chi connectivity index (χ2v) is 4.14. The molecule has 0 aliphatic carbocycles. The lowest BCUT2D eigenvalue weighted by molar-refractivity contribution is -0.133. The minimum atomic E-state index is 0.174. The first-order valence-electron chi connectivity index (χ1n) is 5.67. The lowest BCUT2D eigenvalue weighted by atomic mass is 10.2. The fourth-order valence-electron chi connectivity index (χ4n) is 1.97. The van der Waals surface area contributed by atoms with Crippen molar-refractivity contribution in [1.82, 2.24) is 15.2 Å². The lowest BCUT2D eigenvalue weighted by Gasteiger charge is -2.34. The molecule has 86 valence electrons. The van der Waals surface area contributed by atoms with Crippen LogP contribution in [0.5, 0.6) is 0 Å². The Bertz CT molecular complexity index is 353. The van der Waals surface area contributed by atoms with Crippen molar-refractivity contribution in [2.75, 3.05) is 19.6 Å². The van der Waals surface area contributed by atoms with Crippen molar-refractivity contribution >= 4 is 5.91 Å². The maximum absolute atomic E-state index is 12.0. The van der Waals surface area contributed by atoms with Crippen LogP contribution >= 0.6 is 0 Å². The van der Waals surface area contributed by atoms with Crippen LogP contribution in [0.4, 0.5) is 0 Å². The molecular formula is C12H17N3O. The number of rotatable bonds is 2. The Morgan fingerprint density at radius 2 is 2.50 bits per heavy atom. The van der Waals surface area contributed by atoms with E-state index in [1.807, 2.05) is 23.1 Å². The van der Waals surface area contributed by atoms with Crippen molar-refractivity contribution in [1.29, 1.82) is 0 Å². The fraction of sp³-hybridized carbons (Fsp3) is 0.500. The molecule has 0 spiro atoms. The molecule has 1 aliphatic heterocycles. The predicted molar refractivity (Wildman–Crippen MR) is 62.0 cm³/mol. The Balaban J connectivity index is 1.97. The molecule has 1 amide bonds. The quantitative estimate of drug-likeness (QED) is 0.785. The normalized spacial score (nSPS) is 20.8. The summed E-state index contributed by atoms with van der Waals surface area (Å²) in [6.45, 7) is 4.64. The molecule has 0 saturated carbocycles. The molecule has 1 fully saturated rings. The highest BCUT2D eigenvalue weighted by atomic mass is 16.2. The molecule has 4 nitrogen and oxygen atoms in total. The zero-order valence-corrected chi connectivity index (χ0v) is 9.52. The maximum atomic E-state index is 12.0. The van der Waals surface area contributed by atoms with Crippen molar-refractivity contribution in [2.45, 2.75) is 19.4 Å². The molecule has 1 N–H and O–H groups in total. The van der Waals surface area contributed by atoms with Gasteiger partial charge in [-0.2, -0.15) is 0 Å². The molecule has 16 heavy (non-hydrogen) atoms. The highest BCUT2D eigenvalue weighted by Gasteiger charge is 2.22. The van der Waals surface area contributed by atoms with Gasteiger partial charge in [0.05, 0.1) is 6.42 Å². The largest absolute Gasteiger partial charge is 0.337 e. The molecule has 1 saturated heterocycles. The van der Waals surface area contributed by atoms with E-state index in [9.17, 15) is 4.79 Å². The van der Waals surface area contributed by atoms with Gasteiger partial charge in [-0.1, -0.05) is 6.07 Å². The van der Waals surface area contributed by atoms with E-state index in [-0.39, 0.29) is 11.9 Å². The molecule has 2 rings (SSSR count). The molecule has 2 heterocycles. The number of piperazine rings is 1. The summed E-state index contributed by atoms with van der Waals surface area (Å²) in [6, 6.07) is 5.95. The molecule has 1 unspecified atom stereocenters. The standard InChI is InChI=1S/C12H17N3O/c1-10-9-13-6-7-15(10)12(16)8-11-4-2-3-5-14-11/h2-5,10,13H,6-9H2,1H3. The Morgan fingerprint density at radius 1 is 1.62 bits per heavy atom. The summed E-state index contributed by atoms with van der Waals surface area (Å²) >= 11 is 0. The third kappa shape index (κ3) is 2.58. The Kier molecular flexibility index (Phi) is 3.51. The van der Waals surface area contributed by atoms with Crippen molar-refractivity contribution in [3.8, 4) is 0 Å². The second kappa shape index (κ2) is 5.07. The summed E-state index contributed by atoms with van der Waals surface area (Å²) in [6.07, 6.45) is 2.13. The minimum Gasteiger partial charge on any atom is -0.337 e. The van der Waals surface area contributed by atoms with Crippen LogP contribution < -0.4 is 5.32 Å². The summed E-state index contributed by atoms with van der Waals surface area (Å²) in [5.41, 5.74) is 0.846. The number of carbonyl (C=O) groups excluding carboxylic acids is 1. The van der Waals surface area contributed by atoms with Gasteiger partial charge in [-0.25, -0.2) is 0 Å². The van der Waals surface area contributed by atoms with E-state index in [0.717, 1.165) is 25.3 Å². The average Bonchev–Trinajstić information content (AvgIpc) is 2.31. The zero-order chi connectivity index (χ0) is 11.4. The van der Waals surface area contributed by atoms with E-state index < -0.39 is 0 Å². The van der Waals surface area contributed by atoms with Crippen molar-refractivity contribution in [3.63, 3.8) is 0 Å². The van der Waals surface area contributed by atoms with E-state index in [4.69, 9.17) is 0 Å². The zero-order valence-electron chi connectivity index (χ0n) is 9.52. The van der Waals surface area contributed by atoms with Crippen molar-refractivity contribution in [2.24, 2.45) is 0 Å². The molecule has 4 heteroatoms. The van der Waals surface area contributed by atoms with Crippen LogP contribution in [-0.4, -0.2) is 41.5 Å². The topological polar surface area (TPSA) is 45.2 Å². The van der Waals surface area contributed by atoms with Crippen molar-refractivity contribution < 1.29 is 4.79 Å². The number of amides is 1. The molecular weight excluding hydrogens is 202 g/mol. The Hall–Kier alpha value is -1.42. The van der Waals surface area contributed by atoms with Gasteiger partial charge in [0.15, 0.2) is 0 Å². The molecule has 1 atom stereocenters. The third-order valence-electron chi connectivity index (χ3n) is 2.88. The summed E-state index contributed by atoms with van der Waals surface area (Å²) in [5, 5.41) is 3.27. The molecule has 1 aromatic heterocycles. The minimum absolute atomic E-state index is 0.174. The van der Waals surface area contributed by atoms with Crippen LogP contribution in [0, 0.1) is 0 Å². The fourth-order valence-corrected chi connectivity index (χ4v) is 1.97. The van der Waals surface area contributed by atoms with E-state index in [0.29, 0.717) is 6.42 Å². The van der Waals surface area contributed by atoms with Crippen LogP contribution in [0.2, 0.25) is 0 Å². The molecule has 0 radical (unpaired) electrons. The number of hydrogen-bond acceptors (Lipinski definition) is 3. The van der Waals surface area contributed by atoms with Gasteiger partial charge in [-0.3, -0.25) is 9.78 Å². The summed E-state index contributed by atoms with van der Waals surface area (Å²) in [5.74, 6) is 0.174. The lowest BCUT2D eigenvalue weighted by Crippen LogP contribution is -2.52.